The van der Waals surface area contributed by atoms with E-state index in [4.69, 9.17) is 4.74 Å². The molecular formula is C11H12O4. The lowest BCUT2D eigenvalue weighted by molar-refractivity contribution is 0.00174. The highest BCUT2D eigenvalue weighted by atomic mass is 16.6. The van der Waals surface area contributed by atoms with E-state index >= 15 is 0 Å². The summed E-state index contributed by atoms with van der Waals surface area (Å²) in [5.41, 5.74) is 2.11. The minimum atomic E-state index is -0.857. The van der Waals surface area contributed by atoms with E-state index in [0.29, 0.717) is 17.7 Å². The molecule has 0 fully saturated rings. The number of rotatable bonds is 1. The molecule has 1 heterocycles. The number of benzene rings is 1. The van der Waals surface area contributed by atoms with Crippen LogP contribution in [0.3, 0.4) is 0 Å². The molecule has 0 amide bonds. The monoisotopic (exact) mass is 208 g/mol. The van der Waals surface area contributed by atoms with Gasteiger partial charge in [0, 0.05) is 12.0 Å². The van der Waals surface area contributed by atoms with Crippen LogP contribution in [0.5, 0.6) is 5.75 Å². The highest BCUT2D eigenvalue weighted by molar-refractivity contribution is 5.92. The maximum absolute atomic E-state index is 11.4. The van der Waals surface area contributed by atoms with Gasteiger partial charge < -0.3 is 14.6 Å². The number of carbonyl (C=O) groups is 1. The normalized spacial score (nSPS) is 18.2. The summed E-state index contributed by atoms with van der Waals surface area (Å²) in [4.78, 5) is 11.4. The van der Waals surface area contributed by atoms with Crippen LogP contribution in [0.15, 0.2) is 12.1 Å². The number of ether oxygens (including phenoxy) is 2. The van der Waals surface area contributed by atoms with Crippen LogP contribution in [-0.2, 0) is 11.2 Å². The van der Waals surface area contributed by atoms with Gasteiger partial charge in [0.1, 0.15) is 5.75 Å². The molecule has 0 radical (unpaired) electrons. The highest BCUT2D eigenvalue weighted by Gasteiger charge is 2.27. The first-order chi connectivity index (χ1) is 7.13. The third-order valence-corrected chi connectivity index (χ3v) is 2.50. The van der Waals surface area contributed by atoms with Crippen molar-refractivity contribution in [2.45, 2.75) is 19.6 Å². The fourth-order valence-corrected chi connectivity index (χ4v) is 1.77. The molecule has 1 aliphatic rings. The van der Waals surface area contributed by atoms with Gasteiger partial charge in [-0.25, -0.2) is 4.79 Å². The van der Waals surface area contributed by atoms with Crippen LogP contribution in [0.1, 0.15) is 21.5 Å². The van der Waals surface area contributed by atoms with Crippen LogP contribution >= 0.6 is 0 Å². The topological polar surface area (TPSA) is 55.8 Å². The zero-order chi connectivity index (χ0) is 11.0. The number of hydrogen-bond donors (Lipinski definition) is 1. The predicted molar refractivity (Wildman–Crippen MR) is 52.9 cm³/mol. The van der Waals surface area contributed by atoms with Crippen LogP contribution in [0.25, 0.3) is 0 Å². The Hall–Kier alpha value is -1.55. The first-order valence-electron chi connectivity index (χ1n) is 4.69. The fraction of sp³-hybridized carbons (Fsp3) is 0.364. The van der Waals surface area contributed by atoms with Crippen molar-refractivity contribution in [2.24, 2.45) is 0 Å². The van der Waals surface area contributed by atoms with Crippen molar-refractivity contribution in [1.29, 1.82) is 0 Å². The lowest BCUT2D eigenvalue weighted by atomic mass is 10.0. The van der Waals surface area contributed by atoms with E-state index in [1.807, 2.05) is 6.92 Å². The Bertz CT molecular complexity index is 411. The van der Waals surface area contributed by atoms with Gasteiger partial charge in [0.05, 0.1) is 12.7 Å². The van der Waals surface area contributed by atoms with E-state index in [2.05, 4.69) is 4.74 Å². The Labute approximate surface area is 87.4 Å². The molecule has 0 spiro atoms. The summed E-state index contributed by atoms with van der Waals surface area (Å²) in [6.45, 7) is 1.87. The maximum Gasteiger partial charge on any atom is 0.338 e. The smallest absolute Gasteiger partial charge is 0.338 e. The minimum Gasteiger partial charge on any atom is -0.465 e. The van der Waals surface area contributed by atoms with E-state index in [-0.39, 0.29) is 0 Å². The van der Waals surface area contributed by atoms with E-state index in [9.17, 15) is 9.90 Å². The van der Waals surface area contributed by atoms with E-state index in [1.165, 1.54) is 7.11 Å². The molecule has 4 nitrogen and oxygen atoms in total. The first-order valence-corrected chi connectivity index (χ1v) is 4.69. The van der Waals surface area contributed by atoms with Gasteiger partial charge in [-0.3, -0.25) is 0 Å². The summed E-state index contributed by atoms with van der Waals surface area (Å²) in [5.74, 6) is 0.203. The van der Waals surface area contributed by atoms with Crippen LogP contribution in [0, 0.1) is 6.92 Å². The molecule has 80 valence electrons. The van der Waals surface area contributed by atoms with E-state index in [1.54, 1.807) is 12.1 Å². The second-order valence-electron chi connectivity index (χ2n) is 3.51. The molecule has 2 rings (SSSR count). The van der Waals surface area contributed by atoms with Gasteiger partial charge in [0.25, 0.3) is 0 Å². The Kier molecular flexibility index (Phi) is 2.36. The fourth-order valence-electron chi connectivity index (χ4n) is 1.77. The molecule has 1 aromatic rings. The number of hydrogen-bond acceptors (Lipinski definition) is 4. The van der Waals surface area contributed by atoms with Crippen molar-refractivity contribution < 1.29 is 19.4 Å². The van der Waals surface area contributed by atoms with Gasteiger partial charge in [-0.1, -0.05) is 6.07 Å². The van der Waals surface area contributed by atoms with Crippen molar-refractivity contribution in [3.8, 4) is 5.75 Å². The maximum atomic E-state index is 11.4. The van der Waals surface area contributed by atoms with Gasteiger partial charge in [-0.05, 0) is 18.6 Å². The van der Waals surface area contributed by atoms with Gasteiger partial charge in [0.15, 0.2) is 0 Å². The second-order valence-corrected chi connectivity index (χ2v) is 3.51. The summed E-state index contributed by atoms with van der Waals surface area (Å²) >= 11 is 0. The molecule has 4 heteroatoms. The number of carbonyl (C=O) groups excluding carboxylic acids is 1. The predicted octanol–water partition coefficient (Wildman–Crippen LogP) is 1.03. The average Bonchev–Trinajstić information content (AvgIpc) is 2.60. The number of fused-ring (bicyclic) bond motifs is 1. The molecule has 1 aliphatic heterocycles. The van der Waals surface area contributed by atoms with Crippen LogP contribution in [0.2, 0.25) is 0 Å². The van der Waals surface area contributed by atoms with Gasteiger partial charge in [0.2, 0.25) is 6.29 Å². The van der Waals surface area contributed by atoms with Crippen molar-refractivity contribution in [3.05, 3.63) is 28.8 Å². The zero-order valence-corrected chi connectivity index (χ0v) is 8.61. The lowest BCUT2D eigenvalue weighted by Crippen LogP contribution is -2.11. The largest absolute Gasteiger partial charge is 0.465 e. The minimum absolute atomic E-state index is 0.335. The summed E-state index contributed by atoms with van der Waals surface area (Å²) < 4.78 is 9.88. The summed E-state index contributed by atoms with van der Waals surface area (Å²) in [5, 5.41) is 9.38. The van der Waals surface area contributed by atoms with Crippen molar-refractivity contribution in [1.82, 2.24) is 0 Å². The van der Waals surface area contributed by atoms with E-state index < -0.39 is 12.3 Å². The van der Waals surface area contributed by atoms with Crippen molar-refractivity contribution in [2.75, 3.05) is 7.11 Å². The Morgan fingerprint density at radius 3 is 3.00 bits per heavy atom. The number of aliphatic hydroxyl groups is 1. The van der Waals surface area contributed by atoms with E-state index in [0.717, 1.165) is 11.1 Å². The average molecular weight is 208 g/mol. The number of methoxy groups -OCH3 is 1. The molecule has 1 aromatic carbocycles. The molecule has 0 aliphatic carbocycles. The Morgan fingerprint density at radius 2 is 2.33 bits per heavy atom. The van der Waals surface area contributed by atoms with Crippen LogP contribution in [0.4, 0.5) is 0 Å². The molecule has 1 N–H and O–H groups in total. The quantitative estimate of drug-likeness (QED) is 0.700. The van der Waals surface area contributed by atoms with Gasteiger partial charge in [-0.2, -0.15) is 0 Å². The number of esters is 1. The van der Waals surface area contributed by atoms with Crippen LogP contribution in [-0.4, -0.2) is 24.5 Å². The van der Waals surface area contributed by atoms with Gasteiger partial charge in [-0.15, -0.1) is 0 Å². The zero-order valence-electron chi connectivity index (χ0n) is 8.61. The highest BCUT2D eigenvalue weighted by Crippen LogP contribution is 2.34. The molecule has 15 heavy (non-hydrogen) atoms. The number of aryl methyl sites for hydroxylation is 1. The third-order valence-electron chi connectivity index (χ3n) is 2.50. The summed E-state index contributed by atoms with van der Waals surface area (Å²) in [6, 6.07) is 3.48. The van der Waals surface area contributed by atoms with Gasteiger partial charge >= 0.3 is 5.97 Å². The standard InChI is InChI=1S/C11H12O4/c1-6-3-4-7(11(13)14-2)8-5-9(12)15-10(6)8/h3-4,9,12H,5H2,1-2H3. The molecular weight excluding hydrogens is 196 g/mol. The Balaban J connectivity index is 2.52. The lowest BCUT2D eigenvalue weighted by Gasteiger charge is -2.07. The summed E-state index contributed by atoms with van der Waals surface area (Å²) in [7, 11) is 1.33. The molecule has 0 aromatic heterocycles. The molecule has 0 saturated heterocycles. The van der Waals surface area contributed by atoms with Crippen LogP contribution < -0.4 is 4.74 Å². The summed E-state index contributed by atoms with van der Waals surface area (Å²) in [6.07, 6.45) is -0.522. The number of aliphatic hydroxyl groups excluding tert-OH is 1. The Morgan fingerprint density at radius 1 is 1.60 bits per heavy atom. The SMILES string of the molecule is COC(=O)c1ccc(C)c2c1CC(O)O2. The molecule has 1 unspecified atom stereocenters. The first kappa shape index (κ1) is 9.98. The van der Waals surface area contributed by atoms with Crippen molar-refractivity contribution in [3.63, 3.8) is 0 Å². The molecule has 1 atom stereocenters. The second kappa shape index (κ2) is 3.55. The molecule has 0 bridgehead atoms. The third kappa shape index (κ3) is 1.57. The molecule has 0 saturated carbocycles. The van der Waals surface area contributed by atoms with Crippen molar-refractivity contribution >= 4 is 5.97 Å².